The second-order valence-electron chi connectivity index (χ2n) is 5.47. The molecule has 1 aromatic heterocycles. The molecule has 0 radical (unpaired) electrons. The number of alkyl halides is 3. The normalized spacial score (nSPS) is 11.3. The monoisotopic (exact) mass is 379 g/mol. The van der Waals surface area contributed by atoms with Crippen molar-refractivity contribution in [3.8, 4) is 17.2 Å². The molecule has 0 atom stereocenters. The lowest BCUT2D eigenvalue weighted by Crippen LogP contribution is -2.13. The van der Waals surface area contributed by atoms with Crippen molar-refractivity contribution in [3.63, 3.8) is 0 Å². The molecule has 0 aliphatic carbocycles. The first-order valence-electron chi connectivity index (χ1n) is 7.77. The number of ether oxygens (including phenoxy) is 3. The van der Waals surface area contributed by atoms with Crippen LogP contribution in [0.4, 0.5) is 24.7 Å². The van der Waals surface area contributed by atoms with Crippen LogP contribution < -0.4 is 19.5 Å². The maximum atomic E-state index is 13.2. The molecule has 0 fully saturated rings. The Morgan fingerprint density at radius 3 is 2.15 bits per heavy atom. The third-order valence-electron chi connectivity index (χ3n) is 3.82. The van der Waals surface area contributed by atoms with Crippen molar-refractivity contribution in [2.75, 3.05) is 26.6 Å². The van der Waals surface area contributed by atoms with Crippen molar-refractivity contribution >= 4 is 22.4 Å². The Balaban J connectivity index is 2.15. The largest absolute Gasteiger partial charge is 0.497 e. The number of fused-ring (bicyclic) bond motifs is 1. The number of anilines is 2. The van der Waals surface area contributed by atoms with Gasteiger partial charge < -0.3 is 19.5 Å². The minimum absolute atomic E-state index is 0.00144. The number of hydrogen-bond acceptors (Lipinski definition) is 6. The first kappa shape index (κ1) is 18.6. The summed E-state index contributed by atoms with van der Waals surface area (Å²) in [6.45, 7) is 0. The molecule has 0 bridgehead atoms. The van der Waals surface area contributed by atoms with E-state index >= 15 is 0 Å². The highest BCUT2D eigenvalue weighted by Gasteiger charge is 2.35. The lowest BCUT2D eigenvalue weighted by atomic mass is 10.2. The number of aromatic nitrogens is 2. The third kappa shape index (κ3) is 3.81. The van der Waals surface area contributed by atoms with Crippen LogP contribution in [0.3, 0.4) is 0 Å². The van der Waals surface area contributed by atoms with Crippen LogP contribution in [-0.2, 0) is 6.18 Å². The summed E-state index contributed by atoms with van der Waals surface area (Å²) >= 11 is 0. The average molecular weight is 379 g/mol. The first-order valence-corrected chi connectivity index (χ1v) is 7.77. The summed E-state index contributed by atoms with van der Waals surface area (Å²) in [5, 5.41) is 3.30. The molecular weight excluding hydrogens is 363 g/mol. The fourth-order valence-corrected chi connectivity index (χ4v) is 2.49. The Bertz CT molecular complexity index is 977. The van der Waals surface area contributed by atoms with Crippen molar-refractivity contribution in [2.45, 2.75) is 6.18 Å². The number of nitrogens with zero attached hydrogens (tertiary/aromatic N) is 2. The fraction of sp³-hybridized carbons (Fsp3) is 0.222. The Morgan fingerprint density at radius 1 is 0.852 bits per heavy atom. The second-order valence-corrected chi connectivity index (χ2v) is 5.47. The predicted molar refractivity (Wildman–Crippen MR) is 93.9 cm³/mol. The van der Waals surface area contributed by atoms with Gasteiger partial charge in [0.05, 0.1) is 32.5 Å². The first-order chi connectivity index (χ1) is 12.9. The van der Waals surface area contributed by atoms with E-state index in [-0.39, 0.29) is 11.3 Å². The number of methoxy groups -OCH3 is 3. The molecule has 3 aromatic rings. The summed E-state index contributed by atoms with van der Waals surface area (Å²) in [5.74, 6) is 0.0767. The molecule has 0 saturated heterocycles. The maximum Gasteiger partial charge on any atom is 0.451 e. The van der Waals surface area contributed by atoms with Gasteiger partial charge in [0.1, 0.15) is 23.1 Å². The number of nitrogens with one attached hydrogen (secondary N) is 1. The molecule has 0 spiro atoms. The lowest BCUT2D eigenvalue weighted by Gasteiger charge is -2.15. The van der Waals surface area contributed by atoms with Crippen molar-refractivity contribution < 1.29 is 27.4 Å². The second kappa shape index (κ2) is 7.18. The summed E-state index contributed by atoms with van der Waals surface area (Å²) < 4.78 is 55.2. The van der Waals surface area contributed by atoms with Gasteiger partial charge in [-0.2, -0.15) is 13.2 Å². The zero-order valence-electron chi connectivity index (χ0n) is 14.7. The van der Waals surface area contributed by atoms with E-state index in [2.05, 4.69) is 15.3 Å². The summed E-state index contributed by atoms with van der Waals surface area (Å²) in [6.07, 6.45) is -4.70. The molecule has 2 aromatic carbocycles. The van der Waals surface area contributed by atoms with E-state index in [0.29, 0.717) is 28.3 Å². The van der Waals surface area contributed by atoms with E-state index in [4.69, 9.17) is 14.2 Å². The van der Waals surface area contributed by atoms with Gasteiger partial charge >= 0.3 is 6.18 Å². The van der Waals surface area contributed by atoms with E-state index in [0.717, 1.165) is 0 Å². The molecule has 1 N–H and O–H groups in total. The van der Waals surface area contributed by atoms with Gasteiger partial charge in [0, 0.05) is 17.5 Å². The van der Waals surface area contributed by atoms with Crippen molar-refractivity contribution in [1.29, 1.82) is 0 Å². The van der Waals surface area contributed by atoms with Crippen LogP contribution >= 0.6 is 0 Å². The predicted octanol–water partition coefficient (Wildman–Crippen LogP) is 4.42. The minimum atomic E-state index is -4.70. The molecule has 9 heteroatoms. The molecule has 27 heavy (non-hydrogen) atoms. The minimum Gasteiger partial charge on any atom is -0.497 e. The topological polar surface area (TPSA) is 65.5 Å². The van der Waals surface area contributed by atoms with Crippen molar-refractivity contribution in [1.82, 2.24) is 9.97 Å². The van der Waals surface area contributed by atoms with Crippen LogP contribution in [0.5, 0.6) is 17.2 Å². The van der Waals surface area contributed by atoms with Gasteiger partial charge in [0.2, 0.25) is 5.82 Å². The standard InChI is InChI=1S/C18H16F3N3O3/c1-25-10-4-6-12-14(8-10)23-17(18(19,20)21)24-16(12)22-13-7-5-11(26-2)9-15(13)27-3/h4-9H,1-3H3,(H,22,23,24). The lowest BCUT2D eigenvalue weighted by molar-refractivity contribution is -0.144. The smallest absolute Gasteiger partial charge is 0.451 e. The fourth-order valence-electron chi connectivity index (χ4n) is 2.49. The highest BCUT2D eigenvalue weighted by atomic mass is 19.4. The molecule has 6 nitrogen and oxygen atoms in total. The molecule has 0 unspecified atom stereocenters. The number of benzene rings is 2. The SMILES string of the molecule is COc1ccc(Nc2nc(C(F)(F)F)nc3cc(OC)ccc23)c(OC)c1. The highest BCUT2D eigenvalue weighted by molar-refractivity contribution is 5.92. The molecule has 1 heterocycles. The zero-order chi connectivity index (χ0) is 19.6. The summed E-state index contributed by atoms with van der Waals surface area (Å²) in [6, 6.07) is 9.52. The Hall–Kier alpha value is -3.23. The highest BCUT2D eigenvalue weighted by Crippen LogP contribution is 2.36. The average Bonchev–Trinajstić information content (AvgIpc) is 2.66. The van der Waals surface area contributed by atoms with Gasteiger partial charge in [-0.1, -0.05) is 0 Å². The molecule has 0 aliphatic rings. The Morgan fingerprint density at radius 2 is 1.52 bits per heavy atom. The maximum absolute atomic E-state index is 13.2. The molecule has 0 saturated carbocycles. The van der Waals surface area contributed by atoms with E-state index in [1.54, 1.807) is 30.3 Å². The van der Waals surface area contributed by atoms with Crippen LogP contribution in [0.15, 0.2) is 36.4 Å². The van der Waals surface area contributed by atoms with Crippen LogP contribution in [0.25, 0.3) is 10.9 Å². The van der Waals surface area contributed by atoms with Gasteiger partial charge in [-0.25, -0.2) is 9.97 Å². The van der Waals surface area contributed by atoms with Crippen LogP contribution in [0, 0.1) is 0 Å². The number of rotatable bonds is 5. The Labute approximate surface area is 152 Å². The van der Waals surface area contributed by atoms with Gasteiger partial charge in [-0.05, 0) is 24.3 Å². The third-order valence-corrected chi connectivity index (χ3v) is 3.82. The van der Waals surface area contributed by atoms with Gasteiger partial charge in [-0.15, -0.1) is 0 Å². The zero-order valence-corrected chi connectivity index (χ0v) is 14.7. The van der Waals surface area contributed by atoms with E-state index in [1.165, 1.54) is 27.4 Å². The quantitative estimate of drug-likeness (QED) is 0.708. The van der Waals surface area contributed by atoms with Gasteiger partial charge in [0.15, 0.2) is 0 Å². The Kier molecular flexibility index (Phi) is 4.93. The summed E-state index contributed by atoms with van der Waals surface area (Å²) in [7, 11) is 4.38. The van der Waals surface area contributed by atoms with Gasteiger partial charge in [-0.3, -0.25) is 0 Å². The van der Waals surface area contributed by atoms with Crippen LogP contribution in [-0.4, -0.2) is 31.3 Å². The van der Waals surface area contributed by atoms with Crippen molar-refractivity contribution in [2.24, 2.45) is 0 Å². The molecule has 3 rings (SSSR count). The molecule has 0 aliphatic heterocycles. The number of hydrogen-bond donors (Lipinski definition) is 1. The number of halogens is 3. The van der Waals surface area contributed by atoms with E-state index < -0.39 is 12.0 Å². The summed E-state index contributed by atoms with van der Waals surface area (Å²) in [5.41, 5.74) is 0.536. The van der Waals surface area contributed by atoms with Crippen LogP contribution in [0.2, 0.25) is 0 Å². The van der Waals surface area contributed by atoms with Crippen molar-refractivity contribution in [3.05, 3.63) is 42.2 Å². The van der Waals surface area contributed by atoms with E-state index in [1.807, 2.05) is 0 Å². The van der Waals surface area contributed by atoms with Crippen LogP contribution in [0.1, 0.15) is 5.82 Å². The van der Waals surface area contributed by atoms with E-state index in [9.17, 15) is 13.2 Å². The molecular formula is C18H16F3N3O3. The van der Waals surface area contributed by atoms with Gasteiger partial charge in [0.25, 0.3) is 0 Å². The molecule has 142 valence electrons. The molecule has 0 amide bonds. The summed E-state index contributed by atoms with van der Waals surface area (Å²) in [4.78, 5) is 7.29.